The SMILES string of the molecule is CC(Br)C(=O)OCOc1ccccc1[S+](c1ccccc1)c1ccccc1. The van der Waals surface area contributed by atoms with Crippen molar-refractivity contribution in [2.75, 3.05) is 6.79 Å². The molecule has 0 saturated heterocycles. The average molecular weight is 444 g/mol. The number of esters is 1. The molecule has 1 unspecified atom stereocenters. The van der Waals surface area contributed by atoms with E-state index in [-0.39, 0.29) is 28.5 Å². The number of carbonyl (C=O) groups is 1. The maximum absolute atomic E-state index is 11.6. The van der Waals surface area contributed by atoms with Gasteiger partial charge in [-0.15, -0.1) is 0 Å². The van der Waals surface area contributed by atoms with Crippen LogP contribution in [0.5, 0.6) is 5.75 Å². The van der Waals surface area contributed by atoms with Crippen molar-refractivity contribution in [2.45, 2.75) is 26.4 Å². The van der Waals surface area contributed by atoms with E-state index < -0.39 is 0 Å². The molecule has 27 heavy (non-hydrogen) atoms. The van der Waals surface area contributed by atoms with Gasteiger partial charge in [0.15, 0.2) is 15.5 Å². The van der Waals surface area contributed by atoms with Gasteiger partial charge in [0.05, 0.1) is 0 Å². The van der Waals surface area contributed by atoms with Crippen LogP contribution in [0.15, 0.2) is 99.6 Å². The van der Waals surface area contributed by atoms with Crippen LogP contribution in [0.3, 0.4) is 0 Å². The van der Waals surface area contributed by atoms with Crippen molar-refractivity contribution in [3.8, 4) is 5.75 Å². The Balaban J connectivity index is 1.93. The van der Waals surface area contributed by atoms with E-state index in [0.29, 0.717) is 5.75 Å². The van der Waals surface area contributed by atoms with Gasteiger partial charge in [-0.1, -0.05) is 64.5 Å². The molecule has 0 aliphatic rings. The quantitative estimate of drug-likeness (QED) is 0.211. The van der Waals surface area contributed by atoms with Crippen LogP contribution in [0.4, 0.5) is 0 Å². The molecule has 0 aliphatic carbocycles. The fourth-order valence-electron chi connectivity index (χ4n) is 2.51. The molecule has 3 rings (SSSR count). The van der Waals surface area contributed by atoms with Crippen molar-refractivity contribution in [3.63, 3.8) is 0 Å². The lowest BCUT2D eigenvalue weighted by Gasteiger charge is -2.13. The molecule has 0 fully saturated rings. The summed E-state index contributed by atoms with van der Waals surface area (Å²) in [7, 11) is -0.324. The molecular weight excluding hydrogens is 424 g/mol. The summed E-state index contributed by atoms with van der Waals surface area (Å²) in [4.78, 5) is 14.7. The molecule has 0 aromatic heterocycles. The lowest BCUT2D eigenvalue weighted by Crippen LogP contribution is -2.18. The van der Waals surface area contributed by atoms with Crippen LogP contribution in [0, 0.1) is 0 Å². The first kappa shape index (κ1) is 19.5. The van der Waals surface area contributed by atoms with Gasteiger partial charge < -0.3 is 9.47 Å². The first-order valence-corrected chi connectivity index (χ1v) is 10.7. The highest BCUT2D eigenvalue weighted by atomic mass is 79.9. The molecular formula is C22H20BrO3S+. The minimum Gasteiger partial charge on any atom is -0.452 e. The zero-order valence-electron chi connectivity index (χ0n) is 14.9. The van der Waals surface area contributed by atoms with E-state index in [1.165, 1.54) is 9.79 Å². The van der Waals surface area contributed by atoms with Gasteiger partial charge in [0.25, 0.3) is 0 Å². The van der Waals surface area contributed by atoms with E-state index in [0.717, 1.165) is 4.90 Å². The van der Waals surface area contributed by atoms with E-state index in [1.54, 1.807) is 6.92 Å². The molecule has 1 atom stereocenters. The highest BCUT2D eigenvalue weighted by Crippen LogP contribution is 2.36. The van der Waals surface area contributed by atoms with Crippen molar-refractivity contribution < 1.29 is 14.3 Å². The number of para-hydroxylation sites is 1. The number of carbonyl (C=O) groups excluding carboxylic acids is 1. The van der Waals surface area contributed by atoms with Crippen molar-refractivity contribution in [2.24, 2.45) is 0 Å². The smallest absolute Gasteiger partial charge is 0.322 e. The first-order valence-electron chi connectivity index (χ1n) is 8.54. The van der Waals surface area contributed by atoms with Gasteiger partial charge in [-0.3, -0.25) is 4.79 Å². The summed E-state index contributed by atoms with van der Waals surface area (Å²) >= 11 is 3.20. The number of benzene rings is 3. The van der Waals surface area contributed by atoms with Crippen molar-refractivity contribution in [1.82, 2.24) is 0 Å². The van der Waals surface area contributed by atoms with E-state index in [4.69, 9.17) is 9.47 Å². The van der Waals surface area contributed by atoms with Gasteiger partial charge >= 0.3 is 5.97 Å². The van der Waals surface area contributed by atoms with Crippen LogP contribution in [-0.4, -0.2) is 17.6 Å². The molecule has 5 heteroatoms. The van der Waals surface area contributed by atoms with Crippen LogP contribution in [-0.2, 0) is 20.4 Å². The van der Waals surface area contributed by atoms with Gasteiger partial charge in [0, 0.05) is 0 Å². The summed E-state index contributed by atoms with van der Waals surface area (Å²) in [6.07, 6.45) is 0. The van der Waals surface area contributed by atoms with Crippen LogP contribution < -0.4 is 4.74 Å². The van der Waals surface area contributed by atoms with Crippen LogP contribution in [0.25, 0.3) is 0 Å². The molecule has 3 aromatic rings. The highest BCUT2D eigenvalue weighted by molar-refractivity contribution is 9.10. The summed E-state index contributed by atoms with van der Waals surface area (Å²) in [6.45, 7) is 1.60. The van der Waals surface area contributed by atoms with Crippen LogP contribution in [0.2, 0.25) is 0 Å². The van der Waals surface area contributed by atoms with Crippen molar-refractivity contribution in [1.29, 1.82) is 0 Å². The summed E-state index contributed by atoms with van der Waals surface area (Å²) in [5.41, 5.74) is 0. The lowest BCUT2D eigenvalue weighted by atomic mass is 10.3. The number of halogens is 1. The summed E-state index contributed by atoms with van der Waals surface area (Å²) in [6, 6.07) is 28.6. The van der Waals surface area contributed by atoms with Gasteiger partial charge in [0.1, 0.15) is 15.7 Å². The maximum Gasteiger partial charge on any atom is 0.322 e. The third kappa shape index (κ3) is 5.15. The largest absolute Gasteiger partial charge is 0.452 e. The minimum absolute atomic E-state index is 0.118. The van der Waals surface area contributed by atoms with Gasteiger partial charge in [-0.25, -0.2) is 0 Å². The van der Waals surface area contributed by atoms with Crippen molar-refractivity contribution in [3.05, 3.63) is 84.9 Å². The van der Waals surface area contributed by atoms with E-state index in [9.17, 15) is 4.79 Å². The molecule has 3 nitrogen and oxygen atoms in total. The highest BCUT2D eigenvalue weighted by Gasteiger charge is 2.31. The Morgan fingerprint density at radius 3 is 1.96 bits per heavy atom. The Morgan fingerprint density at radius 1 is 0.889 bits per heavy atom. The molecule has 0 spiro atoms. The molecule has 0 bridgehead atoms. The number of rotatable bonds is 7. The second-order valence-corrected chi connectivity index (χ2v) is 9.09. The molecule has 0 N–H and O–H groups in total. The van der Waals surface area contributed by atoms with Gasteiger partial charge in [-0.05, 0) is 43.3 Å². The minimum atomic E-state index is -0.361. The monoisotopic (exact) mass is 443 g/mol. The molecule has 0 radical (unpaired) electrons. The second-order valence-electron chi connectivity index (χ2n) is 5.72. The standard InChI is InChI=1S/C22H20BrO3S/c1-17(23)22(24)26-16-25-20-14-8-9-15-21(20)27(18-10-4-2-5-11-18)19-12-6-3-7-13-19/h2-15,17H,16H2,1H3/q+1. The molecule has 138 valence electrons. The third-order valence-corrected chi connectivity index (χ3v) is 6.41. The molecule has 0 aliphatic heterocycles. The molecule has 0 saturated carbocycles. The zero-order valence-corrected chi connectivity index (χ0v) is 17.3. The Bertz CT molecular complexity index is 829. The normalized spacial score (nSPS) is 11.8. The predicted molar refractivity (Wildman–Crippen MR) is 111 cm³/mol. The third-order valence-electron chi connectivity index (χ3n) is 3.77. The zero-order chi connectivity index (χ0) is 19.1. The Morgan fingerprint density at radius 2 is 1.41 bits per heavy atom. The predicted octanol–water partition coefficient (Wildman–Crippen LogP) is 5.44. The lowest BCUT2D eigenvalue weighted by molar-refractivity contribution is -0.149. The Kier molecular flexibility index (Phi) is 6.96. The molecule has 0 heterocycles. The number of ether oxygens (including phenoxy) is 2. The van der Waals surface area contributed by atoms with Crippen LogP contribution in [0.1, 0.15) is 6.92 Å². The van der Waals surface area contributed by atoms with E-state index in [1.807, 2.05) is 54.6 Å². The van der Waals surface area contributed by atoms with Crippen LogP contribution >= 0.6 is 15.9 Å². The average Bonchev–Trinajstić information content (AvgIpc) is 2.71. The summed E-state index contributed by atoms with van der Waals surface area (Å²) < 4.78 is 11.0. The maximum atomic E-state index is 11.6. The summed E-state index contributed by atoms with van der Waals surface area (Å²) in [5.74, 6) is 0.362. The van der Waals surface area contributed by atoms with Gasteiger partial charge in [-0.2, -0.15) is 0 Å². The molecule has 0 amide bonds. The Labute approximate surface area is 170 Å². The van der Waals surface area contributed by atoms with Gasteiger partial charge in [0.2, 0.25) is 11.7 Å². The number of hydrogen-bond acceptors (Lipinski definition) is 3. The fourth-order valence-corrected chi connectivity index (χ4v) is 4.82. The topological polar surface area (TPSA) is 35.5 Å². The summed E-state index contributed by atoms with van der Waals surface area (Å²) in [5, 5.41) is 0. The second kappa shape index (κ2) is 9.62. The number of alkyl halides is 1. The van der Waals surface area contributed by atoms with E-state index in [2.05, 4.69) is 46.3 Å². The fraction of sp³-hybridized carbons (Fsp3) is 0.136. The van der Waals surface area contributed by atoms with E-state index >= 15 is 0 Å². The first-order chi connectivity index (χ1) is 13.2. The van der Waals surface area contributed by atoms with Crippen molar-refractivity contribution >= 4 is 32.8 Å². The number of hydrogen-bond donors (Lipinski definition) is 0. The Hall–Kier alpha value is -2.24. The molecule has 3 aromatic carbocycles.